The Balaban J connectivity index is 1.16. The molecule has 0 aromatic heterocycles. The molecular formula is C15H10O2S9. The first-order valence-corrected chi connectivity index (χ1v) is 15.0. The minimum atomic E-state index is -0.213. The third-order valence-electron chi connectivity index (χ3n) is 2.84. The predicted molar refractivity (Wildman–Crippen MR) is 133 cm³/mol. The van der Waals surface area contributed by atoms with Gasteiger partial charge < -0.3 is 4.74 Å². The highest BCUT2D eigenvalue weighted by Crippen LogP contribution is 2.56. The van der Waals surface area contributed by atoms with Crippen molar-refractivity contribution in [2.45, 2.75) is 0 Å². The van der Waals surface area contributed by atoms with Crippen molar-refractivity contribution >= 4 is 112 Å². The van der Waals surface area contributed by atoms with Gasteiger partial charge in [-0.15, -0.1) is 11.8 Å². The fraction of sp³-hybridized carbons (Fsp3) is 0.133. The van der Waals surface area contributed by atoms with E-state index in [-0.39, 0.29) is 5.97 Å². The van der Waals surface area contributed by atoms with Gasteiger partial charge in [0.25, 0.3) is 0 Å². The van der Waals surface area contributed by atoms with Gasteiger partial charge in [-0.3, -0.25) is 0 Å². The molecule has 0 aromatic rings. The molecule has 0 radical (unpaired) electrons. The number of hydrogen-bond acceptors (Lipinski definition) is 11. The lowest BCUT2D eigenvalue weighted by Crippen LogP contribution is -2.07. The lowest BCUT2D eigenvalue weighted by atomic mass is 10.6. The van der Waals surface area contributed by atoms with Crippen LogP contribution < -0.4 is 0 Å². The number of hydrogen-bond donors (Lipinski definition) is 0. The molecule has 0 aliphatic carbocycles. The predicted octanol–water partition coefficient (Wildman–Crippen LogP) is 8.02. The lowest BCUT2D eigenvalue weighted by Gasteiger charge is -2.06. The number of thioether (sulfide) groups is 9. The van der Waals surface area contributed by atoms with E-state index in [0.717, 1.165) is 5.75 Å². The van der Waals surface area contributed by atoms with Crippen molar-refractivity contribution in [3.05, 3.63) is 58.5 Å². The molecule has 0 unspecified atom stereocenters. The van der Waals surface area contributed by atoms with Crippen molar-refractivity contribution in [1.29, 1.82) is 0 Å². The fourth-order valence-electron chi connectivity index (χ4n) is 1.78. The first kappa shape index (κ1) is 20.3. The molecule has 0 saturated carbocycles. The van der Waals surface area contributed by atoms with Crippen molar-refractivity contribution in [1.82, 2.24) is 0 Å². The second kappa shape index (κ2) is 10.2. The number of carbonyl (C=O) groups excluding carboxylic acids is 1. The van der Waals surface area contributed by atoms with Crippen molar-refractivity contribution in [2.75, 3.05) is 12.4 Å². The van der Waals surface area contributed by atoms with E-state index in [0.29, 0.717) is 11.5 Å². The maximum absolute atomic E-state index is 12.2. The standard InChI is InChI=1S/C15H10O2S9/c16-11(9-7-23-14(25-9)12-19-3-4-20-12)17-1-2-18-10-8-24-15(26-10)13-21-5-6-22-13/h3-8H,1-2H2. The lowest BCUT2D eigenvalue weighted by molar-refractivity contribution is -0.137. The summed E-state index contributed by atoms with van der Waals surface area (Å²) in [7, 11) is 0. The van der Waals surface area contributed by atoms with Crippen LogP contribution in [0.5, 0.6) is 0 Å². The monoisotopic (exact) mass is 510 g/mol. The average Bonchev–Trinajstić information content (AvgIpc) is 3.44. The normalized spacial score (nSPS) is 21.8. The van der Waals surface area contributed by atoms with Crippen LogP contribution >= 0.6 is 106 Å². The highest BCUT2D eigenvalue weighted by molar-refractivity contribution is 8.38. The molecule has 0 aromatic carbocycles. The van der Waals surface area contributed by atoms with Crippen LogP contribution in [0.3, 0.4) is 0 Å². The SMILES string of the molecule is O=C(OCCSC1=CSC(=C2SC=CS2)S1)C1=CSC(=C2SC=CS2)S1. The summed E-state index contributed by atoms with van der Waals surface area (Å²) in [5.41, 5.74) is 0. The molecule has 4 rings (SSSR count). The van der Waals surface area contributed by atoms with Gasteiger partial charge >= 0.3 is 5.97 Å². The van der Waals surface area contributed by atoms with E-state index in [9.17, 15) is 4.79 Å². The van der Waals surface area contributed by atoms with Crippen LogP contribution in [0.15, 0.2) is 58.5 Å². The second-order valence-corrected chi connectivity index (χ2v) is 14.5. The first-order chi connectivity index (χ1) is 12.8. The van der Waals surface area contributed by atoms with Crippen LogP contribution in [0.1, 0.15) is 0 Å². The van der Waals surface area contributed by atoms with Gasteiger partial charge in [-0.05, 0) is 32.4 Å². The van der Waals surface area contributed by atoms with Crippen molar-refractivity contribution < 1.29 is 9.53 Å². The van der Waals surface area contributed by atoms with Gasteiger partial charge in [0.1, 0.15) is 11.5 Å². The zero-order chi connectivity index (χ0) is 17.8. The van der Waals surface area contributed by atoms with Crippen LogP contribution in [0, 0.1) is 0 Å². The summed E-state index contributed by atoms with van der Waals surface area (Å²) >= 11 is 15.5. The molecule has 2 nitrogen and oxygen atoms in total. The Morgan fingerprint density at radius 1 is 0.808 bits per heavy atom. The second-order valence-electron chi connectivity index (χ2n) is 4.51. The van der Waals surface area contributed by atoms with E-state index in [1.54, 1.807) is 82.3 Å². The third-order valence-corrected chi connectivity index (χ3v) is 14.2. The summed E-state index contributed by atoms with van der Waals surface area (Å²) in [5, 5.41) is 12.5. The number of esters is 1. The molecule has 136 valence electrons. The van der Waals surface area contributed by atoms with Crippen LogP contribution in [0.2, 0.25) is 0 Å². The van der Waals surface area contributed by atoms with Crippen molar-refractivity contribution in [2.24, 2.45) is 0 Å². The summed E-state index contributed by atoms with van der Waals surface area (Å²) in [6, 6.07) is 0. The summed E-state index contributed by atoms with van der Waals surface area (Å²) in [5.74, 6) is 0.565. The number of carbonyl (C=O) groups is 1. The maximum atomic E-state index is 12.2. The molecule has 4 aliphatic heterocycles. The molecule has 0 spiro atoms. The quantitative estimate of drug-likeness (QED) is 0.266. The number of ether oxygens (including phenoxy) is 1. The van der Waals surface area contributed by atoms with Gasteiger partial charge in [-0.25, -0.2) is 4.79 Å². The molecule has 0 fully saturated rings. The first-order valence-electron chi connectivity index (χ1n) is 7.14. The molecule has 0 amide bonds. The Labute approximate surface area is 190 Å². The molecule has 0 saturated heterocycles. The Morgan fingerprint density at radius 2 is 1.42 bits per heavy atom. The van der Waals surface area contributed by atoms with Crippen molar-refractivity contribution in [3.63, 3.8) is 0 Å². The summed E-state index contributed by atoms with van der Waals surface area (Å²) in [6.07, 6.45) is 0. The highest BCUT2D eigenvalue weighted by Gasteiger charge is 2.24. The average molecular weight is 511 g/mol. The van der Waals surface area contributed by atoms with Gasteiger partial charge in [0, 0.05) is 5.75 Å². The molecule has 0 N–H and O–H groups in total. The van der Waals surface area contributed by atoms with E-state index in [4.69, 9.17) is 4.74 Å². The zero-order valence-corrected chi connectivity index (χ0v) is 20.2. The van der Waals surface area contributed by atoms with E-state index >= 15 is 0 Å². The van der Waals surface area contributed by atoms with E-state index in [1.165, 1.54) is 32.9 Å². The summed E-state index contributed by atoms with van der Waals surface area (Å²) in [4.78, 5) is 12.9. The third kappa shape index (κ3) is 5.35. The van der Waals surface area contributed by atoms with Gasteiger partial charge in [-0.2, -0.15) is 0 Å². The highest BCUT2D eigenvalue weighted by atomic mass is 32.2. The summed E-state index contributed by atoms with van der Waals surface area (Å²) in [6.45, 7) is 0.433. The van der Waals surface area contributed by atoms with Crippen LogP contribution in [0.4, 0.5) is 0 Å². The maximum Gasteiger partial charge on any atom is 0.345 e. The van der Waals surface area contributed by atoms with Crippen LogP contribution in [-0.2, 0) is 9.53 Å². The molecule has 0 bridgehead atoms. The Hall–Kier alpha value is 1.06. The van der Waals surface area contributed by atoms with Gasteiger partial charge in [-0.1, -0.05) is 94.1 Å². The van der Waals surface area contributed by atoms with Crippen LogP contribution in [-0.4, -0.2) is 18.3 Å². The fourth-order valence-corrected chi connectivity index (χ4v) is 11.9. The molecular weight excluding hydrogens is 501 g/mol. The molecule has 0 atom stereocenters. The Bertz CT molecular complexity index is 771. The summed E-state index contributed by atoms with van der Waals surface area (Å²) < 4.78 is 11.9. The van der Waals surface area contributed by atoms with Gasteiger partial charge in [0.05, 0.1) is 21.2 Å². The Kier molecular flexibility index (Phi) is 7.98. The largest absolute Gasteiger partial charge is 0.461 e. The minimum Gasteiger partial charge on any atom is -0.461 e. The van der Waals surface area contributed by atoms with E-state index < -0.39 is 0 Å². The topological polar surface area (TPSA) is 26.3 Å². The number of rotatable bonds is 5. The van der Waals surface area contributed by atoms with E-state index in [2.05, 4.69) is 27.0 Å². The smallest absolute Gasteiger partial charge is 0.345 e. The molecule has 26 heavy (non-hydrogen) atoms. The zero-order valence-electron chi connectivity index (χ0n) is 12.9. The molecule has 4 heterocycles. The van der Waals surface area contributed by atoms with Crippen LogP contribution in [0.25, 0.3) is 0 Å². The Morgan fingerprint density at radius 3 is 2.12 bits per heavy atom. The van der Waals surface area contributed by atoms with Gasteiger partial charge in [0.2, 0.25) is 0 Å². The van der Waals surface area contributed by atoms with E-state index in [1.807, 2.05) is 17.2 Å². The molecule has 4 aliphatic rings. The minimum absolute atomic E-state index is 0.213. The van der Waals surface area contributed by atoms with Crippen molar-refractivity contribution in [3.8, 4) is 0 Å². The van der Waals surface area contributed by atoms with Gasteiger partial charge in [0.15, 0.2) is 0 Å². The molecule has 11 heteroatoms.